The number of carbonyl (C=O) groups excluding carboxylic acids is 1. The topological polar surface area (TPSA) is 119 Å². The molecule has 9 heteroatoms. The zero-order valence-corrected chi connectivity index (χ0v) is 15.8. The van der Waals surface area contributed by atoms with Crippen molar-refractivity contribution in [1.29, 1.82) is 0 Å². The number of pyridine rings is 1. The third kappa shape index (κ3) is 3.88. The van der Waals surface area contributed by atoms with Crippen LogP contribution in [0.25, 0.3) is 22.3 Å². The van der Waals surface area contributed by atoms with Gasteiger partial charge in [0.15, 0.2) is 0 Å². The number of rotatable bonds is 3. The van der Waals surface area contributed by atoms with Gasteiger partial charge in [-0.3, -0.25) is 0 Å². The van der Waals surface area contributed by atoms with E-state index < -0.39 is 22.4 Å². The molecular weight excluding hydrogens is 366 g/mol. The molecule has 0 saturated carbocycles. The van der Waals surface area contributed by atoms with E-state index >= 15 is 0 Å². The molecule has 0 aliphatic rings. The summed E-state index contributed by atoms with van der Waals surface area (Å²) >= 11 is 0. The fourth-order valence-corrected chi connectivity index (χ4v) is 2.54. The molecule has 28 heavy (non-hydrogen) atoms. The standard InChI is InChI=1S/C19H19N3O6/c1-19(2,3)28-18(24)21(4)16-8-6-13(17(20-16)22(25)26)15-10-11-9-12(23)5-7-14(11)27-15/h5-10,23H,1-4H3. The van der Waals surface area contributed by atoms with Crippen molar-refractivity contribution in [2.24, 2.45) is 0 Å². The second-order valence-electron chi connectivity index (χ2n) is 7.17. The van der Waals surface area contributed by atoms with Gasteiger partial charge in [-0.15, -0.1) is 0 Å². The summed E-state index contributed by atoms with van der Waals surface area (Å²) in [4.78, 5) is 28.2. The SMILES string of the molecule is CN(C(=O)OC(C)(C)C)c1ccc(-c2cc3cc(O)ccc3o2)c([N+](=O)[O-])n1. The van der Waals surface area contributed by atoms with Gasteiger partial charge in [0.2, 0.25) is 0 Å². The molecule has 1 amide bonds. The first-order chi connectivity index (χ1) is 13.0. The van der Waals surface area contributed by atoms with Crippen molar-refractivity contribution in [2.75, 3.05) is 11.9 Å². The highest BCUT2D eigenvalue weighted by Crippen LogP contribution is 2.35. The highest BCUT2D eigenvalue weighted by Gasteiger charge is 2.27. The quantitative estimate of drug-likeness (QED) is 0.521. The third-order valence-corrected chi connectivity index (χ3v) is 3.81. The highest BCUT2D eigenvalue weighted by molar-refractivity contribution is 5.88. The molecule has 0 unspecified atom stereocenters. The molecule has 0 aliphatic heterocycles. The minimum absolute atomic E-state index is 0.0572. The summed E-state index contributed by atoms with van der Waals surface area (Å²) < 4.78 is 10.9. The van der Waals surface area contributed by atoms with Crippen LogP contribution in [0.1, 0.15) is 20.8 Å². The predicted molar refractivity (Wildman–Crippen MR) is 102 cm³/mol. The van der Waals surface area contributed by atoms with Crippen molar-refractivity contribution in [3.63, 3.8) is 0 Å². The number of nitro groups is 1. The first-order valence-corrected chi connectivity index (χ1v) is 8.40. The molecule has 1 N–H and O–H groups in total. The van der Waals surface area contributed by atoms with Crippen LogP contribution in [0.3, 0.4) is 0 Å². The molecule has 0 saturated heterocycles. The molecule has 0 aliphatic carbocycles. The normalized spacial score (nSPS) is 11.4. The second kappa shape index (κ2) is 6.84. The van der Waals surface area contributed by atoms with E-state index in [0.29, 0.717) is 11.0 Å². The lowest BCUT2D eigenvalue weighted by molar-refractivity contribution is -0.388. The number of fused-ring (bicyclic) bond motifs is 1. The van der Waals surface area contributed by atoms with Gasteiger partial charge in [0, 0.05) is 18.5 Å². The Hall–Kier alpha value is -3.62. The summed E-state index contributed by atoms with van der Waals surface area (Å²) in [5.74, 6) is -0.109. The molecule has 0 spiro atoms. The minimum Gasteiger partial charge on any atom is -0.508 e. The van der Waals surface area contributed by atoms with Crippen LogP contribution in [0, 0.1) is 10.1 Å². The van der Waals surface area contributed by atoms with Crippen LogP contribution in [0.4, 0.5) is 16.4 Å². The van der Waals surface area contributed by atoms with Gasteiger partial charge in [0.25, 0.3) is 5.82 Å². The lowest BCUT2D eigenvalue weighted by Crippen LogP contribution is -2.34. The fourth-order valence-electron chi connectivity index (χ4n) is 2.54. The van der Waals surface area contributed by atoms with Crippen molar-refractivity contribution < 1.29 is 24.0 Å². The number of ether oxygens (including phenoxy) is 1. The second-order valence-corrected chi connectivity index (χ2v) is 7.17. The van der Waals surface area contributed by atoms with E-state index in [1.165, 1.54) is 31.3 Å². The van der Waals surface area contributed by atoms with Gasteiger partial charge >= 0.3 is 11.9 Å². The van der Waals surface area contributed by atoms with Gasteiger partial charge in [-0.2, -0.15) is 0 Å². The number of benzene rings is 1. The average molecular weight is 385 g/mol. The van der Waals surface area contributed by atoms with Crippen LogP contribution in [-0.2, 0) is 4.74 Å². The Balaban J connectivity index is 2.01. The summed E-state index contributed by atoms with van der Waals surface area (Å²) in [6.45, 7) is 5.16. The number of furan rings is 1. The smallest absolute Gasteiger partial charge is 0.417 e. The molecule has 9 nitrogen and oxygen atoms in total. The van der Waals surface area contributed by atoms with Gasteiger partial charge in [-0.05, 0) is 61.0 Å². The number of amides is 1. The lowest BCUT2D eigenvalue weighted by atomic mass is 10.1. The maximum absolute atomic E-state index is 12.2. The van der Waals surface area contributed by atoms with Crippen LogP contribution >= 0.6 is 0 Å². The van der Waals surface area contributed by atoms with Crippen LogP contribution in [0.5, 0.6) is 5.75 Å². The van der Waals surface area contributed by atoms with Crippen LogP contribution in [0.2, 0.25) is 0 Å². The van der Waals surface area contributed by atoms with Crippen molar-refractivity contribution >= 4 is 28.7 Å². The molecule has 2 aromatic heterocycles. The maximum atomic E-state index is 12.2. The number of phenols is 1. The predicted octanol–water partition coefficient (Wildman–Crippen LogP) is 4.48. The number of phenolic OH excluding ortho intramolecular Hbond substituents is 1. The Kier molecular flexibility index (Phi) is 4.68. The summed E-state index contributed by atoms with van der Waals surface area (Å²) in [7, 11) is 1.42. The van der Waals surface area contributed by atoms with E-state index in [9.17, 15) is 20.0 Å². The Morgan fingerprint density at radius 2 is 1.96 bits per heavy atom. The van der Waals surface area contributed by atoms with Gasteiger partial charge < -0.3 is 24.4 Å². The van der Waals surface area contributed by atoms with Crippen LogP contribution in [-0.4, -0.2) is 33.8 Å². The Morgan fingerprint density at radius 3 is 2.61 bits per heavy atom. The number of hydrogen-bond acceptors (Lipinski definition) is 7. The van der Waals surface area contributed by atoms with Crippen LogP contribution < -0.4 is 4.90 Å². The number of aromatic nitrogens is 1. The summed E-state index contributed by atoms with van der Waals surface area (Å²) in [6, 6.07) is 9.03. The maximum Gasteiger partial charge on any atom is 0.417 e. The third-order valence-electron chi connectivity index (χ3n) is 3.81. The first kappa shape index (κ1) is 19.2. The van der Waals surface area contributed by atoms with Crippen molar-refractivity contribution in [3.8, 4) is 17.1 Å². The number of carbonyl (C=O) groups is 1. The summed E-state index contributed by atoms with van der Waals surface area (Å²) in [6.07, 6.45) is -0.679. The Bertz CT molecular complexity index is 1070. The van der Waals surface area contributed by atoms with E-state index in [0.717, 1.165) is 4.90 Å². The summed E-state index contributed by atoms with van der Waals surface area (Å²) in [5, 5.41) is 21.7. The van der Waals surface area contributed by atoms with E-state index in [1.807, 2.05) is 0 Å². The van der Waals surface area contributed by atoms with E-state index in [-0.39, 0.29) is 22.9 Å². The largest absolute Gasteiger partial charge is 0.508 e. The zero-order chi connectivity index (χ0) is 20.6. The van der Waals surface area contributed by atoms with Crippen LogP contribution in [0.15, 0.2) is 40.8 Å². The monoisotopic (exact) mass is 385 g/mol. The zero-order valence-electron chi connectivity index (χ0n) is 15.8. The minimum atomic E-state index is -0.711. The Labute approximate surface area is 160 Å². The molecule has 0 radical (unpaired) electrons. The molecule has 146 valence electrons. The van der Waals surface area contributed by atoms with Gasteiger partial charge in [-0.1, -0.05) is 0 Å². The van der Waals surface area contributed by atoms with Gasteiger partial charge in [0.05, 0.1) is 0 Å². The molecule has 1 aromatic carbocycles. The highest BCUT2D eigenvalue weighted by atomic mass is 16.6. The van der Waals surface area contributed by atoms with E-state index in [2.05, 4.69) is 4.98 Å². The van der Waals surface area contributed by atoms with E-state index in [4.69, 9.17) is 9.15 Å². The number of nitrogens with zero attached hydrogens (tertiary/aromatic N) is 3. The van der Waals surface area contributed by atoms with Crippen molar-refractivity contribution in [3.05, 3.63) is 46.5 Å². The average Bonchev–Trinajstić information content (AvgIpc) is 3.01. The lowest BCUT2D eigenvalue weighted by Gasteiger charge is -2.22. The molecule has 3 aromatic rings. The van der Waals surface area contributed by atoms with E-state index in [1.54, 1.807) is 32.9 Å². The fraction of sp³-hybridized carbons (Fsp3) is 0.263. The van der Waals surface area contributed by atoms with Crippen molar-refractivity contribution in [2.45, 2.75) is 26.4 Å². The van der Waals surface area contributed by atoms with Gasteiger partial charge in [-0.25, -0.2) is 9.69 Å². The molecular formula is C19H19N3O6. The van der Waals surface area contributed by atoms with Gasteiger partial charge in [0.1, 0.15) is 28.3 Å². The first-order valence-electron chi connectivity index (χ1n) is 8.40. The Morgan fingerprint density at radius 1 is 1.25 bits per heavy atom. The number of anilines is 1. The molecule has 2 heterocycles. The molecule has 0 fully saturated rings. The summed E-state index contributed by atoms with van der Waals surface area (Å²) in [5.41, 5.74) is -0.0871. The number of hydrogen-bond donors (Lipinski definition) is 1. The number of aromatic hydroxyl groups is 1. The molecule has 0 bridgehead atoms. The molecule has 3 rings (SSSR count). The molecule has 0 atom stereocenters. The van der Waals surface area contributed by atoms with Crippen molar-refractivity contribution in [1.82, 2.24) is 4.98 Å².